The highest BCUT2D eigenvalue weighted by molar-refractivity contribution is 5.80. The van der Waals surface area contributed by atoms with E-state index in [2.05, 4.69) is 15.6 Å². The number of benzene rings is 1. The molecule has 3 N–H and O–H groups in total. The van der Waals surface area contributed by atoms with Crippen LogP contribution in [0.3, 0.4) is 0 Å². The third-order valence-electron chi connectivity index (χ3n) is 4.04. The number of guanidine groups is 1. The van der Waals surface area contributed by atoms with Gasteiger partial charge in [0.1, 0.15) is 0 Å². The Bertz CT molecular complexity index is 556. The number of non-ortho nitro benzene ring substituents is 1. The van der Waals surface area contributed by atoms with E-state index < -0.39 is 4.92 Å². The van der Waals surface area contributed by atoms with E-state index >= 15 is 0 Å². The van der Waals surface area contributed by atoms with Gasteiger partial charge in [0.15, 0.2) is 5.96 Å². The predicted octanol–water partition coefficient (Wildman–Crippen LogP) is 1.58. The summed E-state index contributed by atoms with van der Waals surface area (Å²) in [5, 5.41) is 26.1. The molecule has 0 radical (unpaired) electrons. The van der Waals surface area contributed by atoms with E-state index in [0.29, 0.717) is 32.3 Å². The molecule has 1 aliphatic carbocycles. The molecule has 138 valence electrons. The minimum absolute atomic E-state index is 0.0153. The first kappa shape index (κ1) is 19.1. The van der Waals surface area contributed by atoms with Crippen molar-refractivity contribution in [3.05, 3.63) is 39.9 Å². The van der Waals surface area contributed by atoms with E-state index in [4.69, 9.17) is 9.84 Å². The number of nitrogens with zero attached hydrogens (tertiary/aromatic N) is 2. The largest absolute Gasteiger partial charge is 0.394 e. The van der Waals surface area contributed by atoms with Crippen LogP contribution in [0.5, 0.6) is 0 Å². The van der Waals surface area contributed by atoms with Crippen LogP contribution >= 0.6 is 0 Å². The lowest BCUT2D eigenvalue weighted by Crippen LogP contribution is -2.43. The van der Waals surface area contributed by atoms with Crippen LogP contribution < -0.4 is 10.6 Å². The van der Waals surface area contributed by atoms with Gasteiger partial charge in [-0.3, -0.25) is 10.1 Å². The molecule has 0 spiro atoms. The Balaban J connectivity index is 1.89. The lowest BCUT2D eigenvalue weighted by atomic mass is 10.2. The number of ether oxygens (including phenoxy) is 1. The van der Waals surface area contributed by atoms with Gasteiger partial charge in [-0.1, -0.05) is 25.0 Å². The first-order valence-electron chi connectivity index (χ1n) is 8.66. The second-order valence-corrected chi connectivity index (χ2v) is 5.98. The van der Waals surface area contributed by atoms with Crippen molar-refractivity contribution in [1.29, 1.82) is 0 Å². The quantitative estimate of drug-likeness (QED) is 0.205. The van der Waals surface area contributed by atoms with Crippen LogP contribution in [0.15, 0.2) is 29.3 Å². The van der Waals surface area contributed by atoms with Gasteiger partial charge in [-0.05, 0) is 18.4 Å². The first-order chi connectivity index (χ1) is 12.2. The molecule has 0 aromatic heterocycles. The number of rotatable bonds is 9. The van der Waals surface area contributed by atoms with E-state index in [1.54, 1.807) is 12.1 Å². The van der Waals surface area contributed by atoms with Crippen molar-refractivity contribution in [1.82, 2.24) is 10.6 Å². The Labute approximate surface area is 147 Å². The van der Waals surface area contributed by atoms with Gasteiger partial charge in [-0.25, -0.2) is 4.99 Å². The fourth-order valence-electron chi connectivity index (χ4n) is 2.72. The van der Waals surface area contributed by atoms with Gasteiger partial charge in [0.25, 0.3) is 5.69 Å². The Morgan fingerprint density at radius 2 is 2.00 bits per heavy atom. The molecular formula is C17H26N4O4. The monoisotopic (exact) mass is 350 g/mol. The second-order valence-electron chi connectivity index (χ2n) is 5.98. The molecule has 0 aliphatic heterocycles. The van der Waals surface area contributed by atoms with Crippen molar-refractivity contribution >= 4 is 11.6 Å². The average Bonchev–Trinajstić information content (AvgIpc) is 3.12. The van der Waals surface area contributed by atoms with Gasteiger partial charge in [-0.15, -0.1) is 0 Å². The van der Waals surface area contributed by atoms with Crippen LogP contribution in [0.1, 0.15) is 31.2 Å². The molecule has 8 heteroatoms. The normalized spacial score (nSPS) is 15.3. The van der Waals surface area contributed by atoms with Crippen molar-refractivity contribution in [2.24, 2.45) is 4.99 Å². The Kier molecular flexibility index (Phi) is 8.14. The molecule has 1 saturated carbocycles. The molecule has 1 aromatic rings. The Morgan fingerprint density at radius 1 is 1.28 bits per heavy atom. The van der Waals surface area contributed by atoms with Crippen molar-refractivity contribution in [2.45, 2.75) is 38.3 Å². The van der Waals surface area contributed by atoms with Gasteiger partial charge in [-0.2, -0.15) is 0 Å². The maximum atomic E-state index is 10.7. The van der Waals surface area contributed by atoms with Gasteiger partial charge in [0, 0.05) is 24.7 Å². The third-order valence-corrected chi connectivity index (χ3v) is 4.04. The Hall–Kier alpha value is -2.19. The molecule has 8 nitrogen and oxygen atoms in total. The summed E-state index contributed by atoms with van der Waals surface area (Å²) in [4.78, 5) is 14.9. The average molecular weight is 350 g/mol. The van der Waals surface area contributed by atoms with Crippen LogP contribution in [-0.4, -0.2) is 48.4 Å². The zero-order valence-electron chi connectivity index (χ0n) is 14.3. The number of hydrogen-bond donors (Lipinski definition) is 3. The van der Waals surface area contributed by atoms with Crippen LogP contribution in [0.25, 0.3) is 0 Å². The summed E-state index contributed by atoms with van der Waals surface area (Å²) >= 11 is 0. The highest BCUT2D eigenvalue weighted by Crippen LogP contribution is 2.17. The molecule has 25 heavy (non-hydrogen) atoms. The number of nitro groups is 1. The number of aliphatic hydroxyl groups excluding tert-OH is 1. The standard InChI is InChI=1S/C17H26N4O4/c22-10-12-25-11-9-18-17(20-15-3-1-2-4-15)19-13-14-5-7-16(8-6-14)21(23)24/h5-8,15,22H,1-4,9-13H2,(H2,18,19,20). The van der Waals surface area contributed by atoms with E-state index in [9.17, 15) is 10.1 Å². The predicted molar refractivity (Wildman–Crippen MR) is 95.5 cm³/mol. The van der Waals surface area contributed by atoms with E-state index in [1.807, 2.05) is 0 Å². The Morgan fingerprint density at radius 3 is 2.64 bits per heavy atom. The molecule has 0 unspecified atom stereocenters. The van der Waals surface area contributed by atoms with Gasteiger partial charge in [0.05, 0.1) is 31.3 Å². The van der Waals surface area contributed by atoms with Crippen molar-refractivity contribution < 1.29 is 14.8 Å². The summed E-state index contributed by atoms with van der Waals surface area (Å²) in [6.45, 7) is 1.87. The van der Waals surface area contributed by atoms with E-state index in [1.165, 1.54) is 25.0 Å². The topological polar surface area (TPSA) is 109 Å². The number of aliphatic imine (C=N–C) groups is 1. The minimum atomic E-state index is -0.409. The number of hydrogen-bond acceptors (Lipinski definition) is 5. The second kappa shape index (κ2) is 10.6. The van der Waals surface area contributed by atoms with Crippen LogP contribution in [0.4, 0.5) is 5.69 Å². The summed E-state index contributed by atoms with van der Waals surface area (Å²) in [5.74, 6) is 0.720. The highest BCUT2D eigenvalue weighted by Gasteiger charge is 2.16. The van der Waals surface area contributed by atoms with Gasteiger partial charge >= 0.3 is 0 Å². The van der Waals surface area contributed by atoms with E-state index in [0.717, 1.165) is 24.4 Å². The molecular weight excluding hydrogens is 324 g/mol. The summed E-state index contributed by atoms with van der Waals surface area (Å²) < 4.78 is 5.24. The zero-order chi connectivity index (χ0) is 17.9. The SMILES string of the molecule is O=[N+]([O-])c1ccc(CN=C(NCCOCCO)NC2CCCC2)cc1. The lowest BCUT2D eigenvalue weighted by molar-refractivity contribution is -0.384. The molecule has 1 aromatic carbocycles. The molecule has 0 saturated heterocycles. The van der Waals surface area contributed by atoms with Crippen molar-refractivity contribution in [3.8, 4) is 0 Å². The maximum absolute atomic E-state index is 10.7. The molecule has 0 amide bonds. The molecule has 0 heterocycles. The fraction of sp³-hybridized carbons (Fsp3) is 0.588. The van der Waals surface area contributed by atoms with Crippen LogP contribution in [0.2, 0.25) is 0 Å². The fourth-order valence-corrected chi connectivity index (χ4v) is 2.72. The molecule has 2 rings (SSSR count). The van der Waals surface area contributed by atoms with Gasteiger partial charge in [0.2, 0.25) is 0 Å². The highest BCUT2D eigenvalue weighted by atomic mass is 16.6. The van der Waals surface area contributed by atoms with E-state index in [-0.39, 0.29) is 12.3 Å². The zero-order valence-corrected chi connectivity index (χ0v) is 14.3. The summed E-state index contributed by atoms with van der Waals surface area (Å²) in [7, 11) is 0. The summed E-state index contributed by atoms with van der Waals surface area (Å²) in [6.07, 6.45) is 4.73. The van der Waals surface area contributed by atoms with Gasteiger partial charge < -0.3 is 20.5 Å². The van der Waals surface area contributed by atoms with Crippen LogP contribution in [0, 0.1) is 10.1 Å². The molecule has 0 bridgehead atoms. The maximum Gasteiger partial charge on any atom is 0.269 e. The summed E-state index contributed by atoms with van der Waals surface area (Å²) in [5.41, 5.74) is 0.992. The van der Waals surface area contributed by atoms with Crippen LogP contribution in [-0.2, 0) is 11.3 Å². The molecule has 1 aliphatic rings. The third kappa shape index (κ3) is 7.06. The lowest BCUT2D eigenvalue weighted by Gasteiger charge is -2.17. The minimum Gasteiger partial charge on any atom is -0.394 e. The summed E-state index contributed by atoms with van der Waals surface area (Å²) in [6, 6.07) is 6.86. The first-order valence-corrected chi connectivity index (χ1v) is 8.66. The molecule has 1 fully saturated rings. The molecule has 0 atom stereocenters. The number of aliphatic hydroxyl groups is 1. The smallest absolute Gasteiger partial charge is 0.269 e. The van der Waals surface area contributed by atoms with Crippen molar-refractivity contribution in [3.63, 3.8) is 0 Å². The number of nitro benzene ring substituents is 1. The number of nitrogens with one attached hydrogen (secondary N) is 2. The van der Waals surface area contributed by atoms with Crippen molar-refractivity contribution in [2.75, 3.05) is 26.4 Å².